The first-order valence-electron chi connectivity index (χ1n) is 7.43. The highest BCUT2D eigenvalue weighted by Crippen LogP contribution is 2.36. The van der Waals surface area contributed by atoms with Gasteiger partial charge in [-0.05, 0) is 32.1 Å². The van der Waals surface area contributed by atoms with E-state index in [-0.39, 0.29) is 30.6 Å². The fourth-order valence-corrected chi connectivity index (χ4v) is 3.64. The number of amides is 3. The van der Waals surface area contributed by atoms with Crippen molar-refractivity contribution in [2.45, 2.75) is 50.4 Å². The Morgan fingerprint density at radius 3 is 2.75 bits per heavy atom. The molecule has 3 amide bonds. The molecule has 4 unspecified atom stereocenters. The van der Waals surface area contributed by atoms with E-state index in [1.165, 1.54) is 4.90 Å². The normalized spacial score (nSPS) is 38.3. The van der Waals surface area contributed by atoms with Gasteiger partial charge >= 0.3 is 6.03 Å². The van der Waals surface area contributed by atoms with E-state index in [4.69, 9.17) is 4.74 Å². The van der Waals surface area contributed by atoms with Gasteiger partial charge in [0.05, 0.1) is 18.6 Å². The molecule has 3 fully saturated rings. The number of halogens is 1. The van der Waals surface area contributed by atoms with Crippen LogP contribution >= 0.6 is 0 Å². The number of ether oxygens (including phenoxy) is 1. The fraction of sp³-hybridized carbons (Fsp3) is 0.857. The smallest absolute Gasteiger partial charge is 0.326 e. The zero-order valence-corrected chi connectivity index (χ0v) is 11.8. The van der Waals surface area contributed by atoms with Crippen molar-refractivity contribution < 1.29 is 18.7 Å². The average molecular weight is 284 g/mol. The van der Waals surface area contributed by atoms with E-state index in [0.29, 0.717) is 19.4 Å². The number of hydrogen-bond donors (Lipinski definition) is 0. The molecule has 4 atom stereocenters. The minimum atomic E-state index is -1.14. The second-order valence-corrected chi connectivity index (χ2v) is 6.02. The first-order valence-corrected chi connectivity index (χ1v) is 7.43. The number of nitrogens with zero attached hydrogens (tertiary/aromatic N) is 2. The summed E-state index contributed by atoms with van der Waals surface area (Å²) in [6.45, 7) is 0.937. The average Bonchev–Trinajstić information content (AvgIpc) is 2.94. The van der Waals surface area contributed by atoms with Crippen molar-refractivity contribution in [2.75, 3.05) is 20.2 Å². The topological polar surface area (TPSA) is 49.9 Å². The van der Waals surface area contributed by atoms with E-state index in [1.807, 2.05) is 0 Å². The predicted octanol–water partition coefficient (Wildman–Crippen LogP) is 1.57. The molecule has 0 N–H and O–H groups in total. The Hall–Kier alpha value is -1.17. The van der Waals surface area contributed by atoms with Gasteiger partial charge in [0.2, 0.25) is 5.91 Å². The summed E-state index contributed by atoms with van der Waals surface area (Å²) in [5.74, 6) is -1.03. The van der Waals surface area contributed by atoms with Crippen LogP contribution in [0.4, 0.5) is 9.18 Å². The van der Waals surface area contributed by atoms with Crippen molar-refractivity contribution in [1.82, 2.24) is 9.80 Å². The number of fused-ring (bicyclic) bond motifs is 1. The Labute approximate surface area is 118 Å². The number of imide groups is 1. The quantitative estimate of drug-likeness (QED) is 0.773. The summed E-state index contributed by atoms with van der Waals surface area (Å²) >= 11 is 0. The standard InChI is InChI=1S/C14H21FN2O3/c1-16-11-6-2-5-10(15)12(11)13(18)17(14(16)19)8-9-4-3-7-20-9/h9-12H,2-8H2,1H3. The van der Waals surface area contributed by atoms with Gasteiger partial charge in [-0.3, -0.25) is 9.69 Å². The second kappa shape index (κ2) is 5.31. The first-order chi connectivity index (χ1) is 9.59. The Balaban J connectivity index is 1.79. The van der Waals surface area contributed by atoms with Gasteiger partial charge in [0, 0.05) is 19.7 Å². The van der Waals surface area contributed by atoms with Gasteiger partial charge in [0.15, 0.2) is 0 Å². The summed E-state index contributed by atoms with van der Waals surface area (Å²) in [4.78, 5) is 27.6. The molecule has 3 aliphatic rings. The zero-order chi connectivity index (χ0) is 14.3. The van der Waals surface area contributed by atoms with Crippen molar-refractivity contribution in [3.63, 3.8) is 0 Å². The lowest BCUT2D eigenvalue weighted by Gasteiger charge is -2.46. The third-order valence-electron chi connectivity index (χ3n) is 4.78. The van der Waals surface area contributed by atoms with Gasteiger partial charge < -0.3 is 9.64 Å². The first kappa shape index (κ1) is 13.8. The third-order valence-corrected chi connectivity index (χ3v) is 4.78. The molecule has 5 nitrogen and oxygen atoms in total. The molecule has 0 radical (unpaired) electrons. The lowest BCUT2D eigenvalue weighted by atomic mass is 9.80. The number of carbonyl (C=O) groups is 2. The summed E-state index contributed by atoms with van der Waals surface area (Å²) in [7, 11) is 1.67. The number of alkyl halides is 1. The summed E-state index contributed by atoms with van der Waals surface area (Å²) in [5, 5.41) is 0. The molecule has 1 aliphatic carbocycles. The van der Waals surface area contributed by atoms with Gasteiger partial charge in [0.1, 0.15) is 6.17 Å². The Morgan fingerprint density at radius 1 is 1.25 bits per heavy atom. The van der Waals surface area contributed by atoms with Crippen molar-refractivity contribution >= 4 is 11.9 Å². The Morgan fingerprint density at radius 2 is 2.05 bits per heavy atom. The van der Waals surface area contributed by atoms with Gasteiger partial charge in [-0.1, -0.05) is 0 Å². The zero-order valence-electron chi connectivity index (χ0n) is 11.8. The molecule has 0 aromatic rings. The Kier molecular flexibility index (Phi) is 3.67. The van der Waals surface area contributed by atoms with Crippen molar-refractivity contribution in [1.29, 1.82) is 0 Å². The van der Waals surface area contributed by atoms with Gasteiger partial charge in [-0.2, -0.15) is 0 Å². The fourth-order valence-electron chi connectivity index (χ4n) is 3.64. The molecular weight excluding hydrogens is 263 g/mol. The molecule has 1 saturated carbocycles. The largest absolute Gasteiger partial charge is 0.376 e. The number of rotatable bonds is 2. The molecule has 2 heterocycles. The maximum atomic E-state index is 14.1. The van der Waals surface area contributed by atoms with E-state index in [9.17, 15) is 14.0 Å². The Bertz CT molecular complexity index is 411. The highest BCUT2D eigenvalue weighted by atomic mass is 19.1. The van der Waals surface area contributed by atoms with Gasteiger partial charge in [-0.15, -0.1) is 0 Å². The SMILES string of the molecule is CN1C(=O)N(CC2CCCO2)C(=O)C2C(F)CCCC21. The molecule has 0 spiro atoms. The van der Waals surface area contributed by atoms with Crippen LogP contribution in [0.1, 0.15) is 32.1 Å². The number of urea groups is 1. The van der Waals surface area contributed by atoms with Crippen LogP contribution in [0.3, 0.4) is 0 Å². The van der Waals surface area contributed by atoms with Crippen molar-refractivity contribution in [2.24, 2.45) is 5.92 Å². The summed E-state index contributed by atoms with van der Waals surface area (Å²) in [5.41, 5.74) is 0. The van der Waals surface area contributed by atoms with E-state index in [1.54, 1.807) is 11.9 Å². The second-order valence-electron chi connectivity index (χ2n) is 6.02. The minimum absolute atomic E-state index is 0.0884. The molecule has 3 rings (SSSR count). The third kappa shape index (κ3) is 2.20. The molecule has 0 aromatic heterocycles. The van der Waals surface area contributed by atoms with Crippen molar-refractivity contribution in [3.8, 4) is 0 Å². The van der Waals surface area contributed by atoms with Gasteiger partial charge in [0.25, 0.3) is 0 Å². The van der Waals surface area contributed by atoms with E-state index in [2.05, 4.69) is 0 Å². The predicted molar refractivity (Wildman–Crippen MR) is 69.9 cm³/mol. The lowest BCUT2D eigenvalue weighted by molar-refractivity contribution is -0.145. The molecule has 0 bridgehead atoms. The minimum Gasteiger partial charge on any atom is -0.376 e. The van der Waals surface area contributed by atoms with E-state index < -0.39 is 12.1 Å². The van der Waals surface area contributed by atoms with Crippen LogP contribution < -0.4 is 0 Å². The van der Waals surface area contributed by atoms with Crippen LogP contribution in [-0.4, -0.2) is 60.3 Å². The van der Waals surface area contributed by atoms with E-state index in [0.717, 1.165) is 19.3 Å². The van der Waals surface area contributed by atoms with Crippen LogP contribution in [0.2, 0.25) is 0 Å². The molecule has 0 aromatic carbocycles. The molecule has 20 heavy (non-hydrogen) atoms. The van der Waals surface area contributed by atoms with Gasteiger partial charge in [-0.25, -0.2) is 9.18 Å². The molecule has 2 saturated heterocycles. The van der Waals surface area contributed by atoms with Crippen molar-refractivity contribution in [3.05, 3.63) is 0 Å². The molecule has 2 aliphatic heterocycles. The maximum absolute atomic E-state index is 14.1. The van der Waals surface area contributed by atoms with Crippen LogP contribution in [-0.2, 0) is 9.53 Å². The summed E-state index contributed by atoms with van der Waals surface area (Å²) < 4.78 is 19.6. The van der Waals surface area contributed by atoms with Crippen LogP contribution in [0.15, 0.2) is 0 Å². The van der Waals surface area contributed by atoms with E-state index >= 15 is 0 Å². The van der Waals surface area contributed by atoms with Crippen LogP contribution in [0.25, 0.3) is 0 Å². The summed E-state index contributed by atoms with van der Waals surface area (Å²) in [6.07, 6.45) is 2.45. The highest BCUT2D eigenvalue weighted by molar-refractivity contribution is 5.99. The number of hydrogen-bond acceptors (Lipinski definition) is 3. The molecule has 112 valence electrons. The lowest BCUT2D eigenvalue weighted by Crippen LogP contribution is -2.64. The van der Waals surface area contributed by atoms with Crippen LogP contribution in [0, 0.1) is 5.92 Å². The monoisotopic (exact) mass is 284 g/mol. The molecular formula is C14H21FN2O3. The number of carbonyl (C=O) groups excluding carboxylic acids is 2. The maximum Gasteiger partial charge on any atom is 0.326 e. The van der Waals surface area contributed by atoms with Crippen LogP contribution in [0.5, 0.6) is 0 Å². The highest BCUT2D eigenvalue weighted by Gasteiger charge is 2.50. The summed E-state index contributed by atoms with van der Waals surface area (Å²) in [6, 6.07) is -0.583. The molecule has 6 heteroatoms.